The van der Waals surface area contributed by atoms with E-state index in [0.717, 1.165) is 13.0 Å². The molecule has 0 aliphatic carbocycles. The average molecular weight is 310 g/mol. The molecule has 3 heteroatoms. The molecule has 0 bridgehead atoms. The van der Waals surface area contributed by atoms with Gasteiger partial charge in [-0.1, -0.05) is 34.1 Å². The predicted molar refractivity (Wildman–Crippen MR) is 78.6 cm³/mol. The molecule has 0 spiro atoms. The molecule has 17 heavy (non-hydrogen) atoms. The summed E-state index contributed by atoms with van der Waals surface area (Å²) >= 11 is 5.35. The maximum absolute atomic E-state index is 3.59. The van der Waals surface area contributed by atoms with Crippen molar-refractivity contribution in [2.24, 2.45) is 0 Å². The molecule has 1 atom stereocenters. The highest BCUT2D eigenvalue weighted by atomic mass is 79.9. The zero-order valence-electron chi connectivity index (χ0n) is 9.82. The lowest BCUT2D eigenvalue weighted by Gasteiger charge is -2.15. The van der Waals surface area contributed by atoms with E-state index in [1.165, 1.54) is 15.6 Å². The van der Waals surface area contributed by atoms with E-state index in [0.29, 0.717) is 6.04 Å². The predicted octanol–water partition coefficient (Wildman–Crippen LogP) is 4.40. The van der Waals surface area contributed by atoms with Gasteiger partial charge in [0, 0.05) is 10.5 Å². The Kier molecular flexibility index (Phi) is 4.77. The van der Waals surface area contributed by atoms with Crippen LogP contribution in [0.15, 0.2) is 45.6 Å². The van der Waals surface area contributed by atoms with Gasteiger partial charge in [0.2, 0.25) is 0 Å². The van der Waals surface area contributed by atoms with Crippen LogP contribution in [0, 0.1) is 0 Å². The van der Waals surface area contributed by atoms with Gasteiger partial charge >= 0.3 is 0 Å². The summed E-state index contributed by atoms with van der Waals surface area (Å²) in [6, 6.07) is 10.9. The normalized spacial score (nSPS) is 12.6. The second-order valence-electron chi connectivity index (χ2n) is 4.08. The molecule has 90 valence electrons. The van der Waals surface area contributed by atoms with Crippen LogP contribution in [0.3, 0.4) is 0 Å². The smallest absolute Gasteiger partial charge is 0.0303 e. The second-order valence-corrected chi connectivity index (χ2v) is 5.71. The molecule has 0 fully saturated rings. The van der Waals surface area contributed by atoms with Crippen molar-refractivity contribution in [1.82, 2.24) is 5.32 Å². The molecule has 0 aliphatic heterocycles. The van der Waals surface area contributed by atoms with Crippen LogP contribution in [0.2, 0.25) is 0 Å². The third-order valence-corrected chi connectivity index (χ3v) is 4.27. The Morgan fingerprint density at radius 3 is 2.82 bits per heavy atom. The van der Waals surface area contributed by atoms with Crippen molar-refractivity contribution in [3.8, 4) is 0 Å². The summed E-state index contributed by atoms with van der Waals surface area (Å²) in [4.78, 5) is 0. The largest absolute Gasteiger partial charge is 0.310 e. The van der Waals surface area contributed by atoms with Crippen molar-refractivity contribution in [2.75, 3.05) is 6.54 Å². The van der Waals surface area contributed by atoms with Gasteiger partial charge in [-0.25, -0.2) is 0 Å². The lowest BCUT2D eigenvalue weighted by atomic mass is 10.1. The summed E-state index contributed by atoms with van der Waals surface area (Å²) in [5.74, 6) is 0. The van der Waals surface area contributed by atoms with Gasteiger partial charge in [-0.3, -0.25) is 0 Å². The minimum absolute atomic E-state index is 0.379. The molecule has 1 heterocycles. The minimum atomic E-state index is 0.379. The Morgan fingerprint density at radius 1 is 1.29 bits per heavy atom. The van der Waals surface area contributed by atoms with E-state index in [9.17, 15) is 0 Å². The molecule has 1 unspecified atom stereocenters. The first-order valence-electron chi connectivity index (χ1n) is 5.76. The summed E-state index contributed by atoms with van der Waals surface area (Å²) in [5.41, 5.74) is 2.74. The average Bonchev–Trinajstić information content (AvgIpc) is 2.82. The fourth-order valence-electron chi connectivity index (χ4n) is 1.80. The first-order valence-corrected chi connectivity index (χ1v) is 7.50. The van der Waals surface area contributed by atoms with Crippen molar-refractivity contribution >= 4 is 27.3 Å². The van der Waals surface area contributed by atoms with Crippen LogP contribution in [0.25, 0.3) is 0 Å². The van der Waals surface area contributed by atoms with E-state index in [4.69, 9.17) is 0 Å². The number of halogens is 1. The lowest BCUT2D eigenvalue weighted by Crippen LogP contribution is -2.21. The van der Waals surface area contributed by atoms with Crippen molar-refractivity contribution in [1.29, 1.82) is 0 Å². The maximum Gasteiger partial charge on any atom is 0.0303 e. The molecule has 1 nitrogen and oxygen atoms in total. The molecule has 0 saturated carbocycles. The molecule has 0 aliphatic rings. The van der Waals surface area contributed by atoms with E-state index < -0.39 is 0 Å². The Labute approximate surface area is 115 Å². The van der Waals surface area contributed by atoms with Crippen LogP contribution >= 0.6 is 27.3 Å². The van der Waals surface area contributed by atoms with Gasteiger partial charge in [-0.2, -0.15) is 11.3 Å². The fourth-order valence-corrected chi connectivity index (χ4v) is 3.14. The van der Waals surface area contributed by atoms with E-state index >= 15 is 0 Å². The number of benzene rings is 1. The van der Waals surface area contributed by atoms with Gasteiger partial charge < -0.3 is 5.32 Å². The SMILES string of the molecule is CC(NCCc1ccsc1)c1ccccc1Br. The molecule has 1 aromatic heterocycles. The highest BCUT2D eigenvalue weighted by molar-refractivity contribution is 9.10. The third kappa shape index (κ3) is 3.66. The topological polar surface area (TPSA) is 12.0 Å². The molecule has 0 amide bonds. The van der Waals surface area contributed by atoms with E-state index in [2.05, 4.69) is 63.2 Å². The monoisotopic (exact) mass is 309 g/mol. The van der Waals surface area contributed by atoms with E-state index in [-0.39, 0.29) is 0 Å². The maximum atomic E-state index is 3.59. The quantitative estimate of drug-likeness (QED) is 0.863. The molecule has 2 rings (SSSR count). The number of hydrogen-bond acceptors (Lipinski definition) is 2. The van der Waals surface area contributed by atoms with Crippen molar-refractivity contribution in [3.63, 3.8) is 0 Å². The van der Waals surface area contributed by atoms with Crippen LogP contribution in [-0.4, -0.2) is 6.54 Å². The standard InChI is InChI=1S/C14H16BrNS/c1-11(13-4-2-3-5-14(13)15)16-8-6-12-7-9-17-10-12/h2-5,7,9-11,16H,6,8H2,1H3. The first-order chi connectivity index (χ1) is 8.27. The van der Waals surface area contributed by atoms with Gasteiger partial charge in [-0.15, -0.1) is 0 Å². The van der Waals surface area contributed by atoms with Crippen LogP contribution in [0.5, 0.6) is 0 Å². The molecule has 2 aromatic rings. The summed E-state index contributed by atoms with van der Waals surface area (Å²) in [6.07, 6.45) is 1.10. The van der Waals surface area contributed by atoms with Crippen molar-refractivity contribution in [3.05, 3.63) is 56.7 Å². The van der Waals surface area contributed by atoms with Crippen LogP contribution in [0.1, 0.15) is 24.1 Å². The molecular weight excluding hydrogens is 294 g/mol. The van der Waals surface area contributed by atoms with Gasteiger partial charge in [0.1, 0.15) is 0 Å². The van der Waals surface area contributed by atoms with Crippen molar-refractivity contribution < 1.29 is 0 Å². The summed E-state index contributed by atoms with van der Waals surface area (Å²) in [6.45, 7) is 3.22. The number of nitrogens with one attached hydrogen (secondary N) is 1. The second kappa shape index (κ2) is 6.34. The summed E-state index contributed by atoms with van der Waals surface area (Å²) in [7, 11) is 0. The van der Waals surface area contributed by atoms with Crippen molar-refractivity contribution in [2.45, 2.75) is 19.4 Å². The van der Waals surface area contributed by atoms with Gasteiger partial charge in [-0.05, 0) is 53.9 Å². The lowest BCUT2D eigenvalue weighted by molar-refractivity contribution is 0.575. The van der Waals surface area contributed by atoms with Crippen LogP contribution in [0.4, 0.5) is 0 Å². The Bertz CT molecular complexity index is 453. The van der Waals surface area contributed by atoms with E-state index in [1.807, 2.05) is 6.07 Å². The minimum Gasteiger partial charge on any atom is -0.310 e. The third-order valence-electron chi connectivity index (χ3n) is 2.82. The summed E-state index contributed by atoms with van der Waals surface area (Å²) < 4.78 is 1.18. The Morgan fingerprint density at radius 2 is 2.12 bits per heavy atom. The van der Waals surface area contributed by atoms with Crippen LogP contribution < -0.4 is 5.32 Å². The molecule has 1 aromatic carbocycles. The zero-order chi connectivity index (χ0) is 12.1. The van der Waals surface area contributed by atoms with Gasteiger partial charge in [0.05, 0.1) is 0 Å². The van der Waals surface area contributed by atoms with Gasteiger partial charge in [0.15, 0.2) is 0 Å². The fraction of sp³-hybridized carbons (Fsp3) is 0.286. The zero-order valence-corrected chi connectivity index (χ0v) is 12.2. The molecular formula is C14H16BrNS. The number of thiophene rings is 1. The number of hydrogen-bond donors (Lipinski definition) is 1. The van der Waals surface area contributed by atoms with Crippen LogP contribution in [-0.2, 0) is 6.42 Å². The highest BCUT2D eigenvalue weighted by Crippen LogP contribution is 2.22. The molecule has 1 N–H and O–H groups in total. The summed E-state index contributed by atoms with van der Waals surface area (Å²) in [5, 5.41) is 7.90. The van der Waals surface area contributed by atoms with E-state index in [1.54, 1.807) is 11.3 Å². The highest BCUT2D eigenvalue weighted by Gasteiger charge is 2.07. The molecule has 0 radical (unpaired) electrons. The van der Waals surface area contributed by atoms with Gasteiger partial charge in [0.25, 0.3) is 0 Å². The Balaban J connectivity index is 1.85. The number of rotatable bonds is 5. The first kappa shape index (κ1) is 12.8. The Hall–Kier alpha value is -0.640. The molecule has 0 saturated heterocycles.